The molecule has 6 heteroatoms. The van der Waals surface area contributed by atoms with Crippen LogP contribution in [0.2, 0.25) is 0 Å². The van der Waals surface area contributed by atoms with Crippen molar-refractivity contribution in [3.8, 4) is 17.2 Å². The summed E-state index contributed by atoms with van der Waals surface area (Å²) in [5.74, 6) is 0.949. The Morgan fingerprint density at radius 2 is 1.95 bits per heavy atom. The zero-order valence-electron chi connectivity index (χ0n) is 10.8. The summed E-state index contributed by atoms with van der Waals surface area (Å²) in [6, 6.07) is 12.8. The van der Waals surface area contributed by atoms with Gasteiger partial charge >= 0.3 is 0 Å². The van der Waals surface area contributed by atoms with Crippen molar-refractivity contribution in [2.75, 3.05) is 0 Å². The van der Waals surface area contributed by atoms with E-state index in [4.69, 9.17) is 0 Å². The fourth-order valence-corrected chi connectivity index (χ4v) is 1.76. The highest BCUT2D eigenvalue weighted by Gasteiger charge is 2.09. The Bertz CT molecular complexity index is 751. The van der Waals surface area contributed by atoms with Crippen LogP contribution in [0.1, 0.15) is 17.3 Å². The minimum atomic E-state index is -0.0305. The van der Waals surface area contributed by atoms with Gasteiger partial charge in [-0.3, -0.25) is 4.79 Å². The molecule has 2 heterocycles. The first-order chi connectivity index (χ1) is 9.74. The Balaban J connectivity index is 1.98. The third kappa shape index (κ3) is 2.31. The molecule has 98 valence electrons. The van der Waals surface area contributed by atoms with E-state index < -0.39 is 0 Å². The topological polar surface area (TPSA) is 73.6 Å². The zero-order valence-corrected chi connectivity index (χ0v) is 10.8. The average Bonchev–Trinajstić information content (AvgIpc) is 2.98. The number of ketones is 1. The number of hydrogen-bond donors (Lipinski definition) is 0. The number of Topliss-reactive ketones (excluding diaryl/α,β-unsaturated/α-hetero) is 1. The van der Waals surface area contributed by atoms with Gasteiger partial charge in [-0.25, -0.2) is 4.98 Å². The molecule has 6 nitrogen and oxygen atoms in total. The summed E-state index contributed by atoms with van der Waals surface area (Å²) in [6.07, 6.45) is 1.55. The Hall–Kier alpha value is -2.89. The summed E-state index contributed by atoms with van der Waals surface area (Å²) in [5.41, 5.74) is 1.44. The monoisotopic (exact) mass is 265 g/mol. The maximum absolute atomic E-state index is 11.4. The van der Waals surface area contributed by atoms with Gasteiger partial charge in [-0.1, -0.05) is 30.3 Å². The van der Waals surface area contributed by atoms with Crippen LogP contribution < -0.4 is 0 Å². The van der Waals surface area contributed by atoms with Crippen molar-refractivity contribution < 1.29 is 4.79 Å². The largest absolute Gasteiger partial charge is 0.295 e. The predicted molar refractivity (Wildman–Crippen MR) is 72.4 cm³/mol. The molecular weight excluding hydrogens is 254 g/mol. The Labute approximate surface area is 115 Å². The summed E-state index contributed by atoms with van der Waals surface area (Å²) in [7, 11) is 0. The van der Waals surface area contributed by atoms with Gasteiger partial charge in [0.1, 0.15) is 0 Å². The minimum absolute atomic E-state index is 0.0305. The molecule has 0 bridgehead atoms. The van der Waals surface area contributed by atoms with Crippen molar-refractivity contribution in [1.82, 2.24) is 25.2 Å². The fraction of sp³-hybridized carbons (Fsp3) is 0.0714. The van der Waals surface area contributed by atoms with Gasteiger partial charge in [0.25, 0.3) is 0 Å². The molecule has 0 saturated heterocycles. The van der Waals surface area contributed by atoms with Crippen molar-refractivity contribution >= 4 is 5.78 Å². The van der Waals surface area contributed by atoms with Crippen molar-refractivity contribution in [2.24, 2.45) is 0 Å². The SMILES string of the molecule is CC(=O)c1ccnc(-n2nnc(-c3ccccc3)n2)c1. The number of nitrogens with zero attached hydrogens (tertiary/aromatic N) is 5. The molecule has 0 amide bonds. The van der Waals surface area contributed by atoms with Crippen LogP contribution in [0.15, 0.2) is 48.7 Å². The summed E-state index contributed by atoms with van der Waals surface area (Å²) in [6.45, 7) is 1.50. The van der Waals surface area contributed by atoms with Crippen molar-refractivity contribution in [3.05, 3.63) is 54.2 Å². The standard InChI is InChI=1S/C14H11N5O/c1-10(20)12-7-8-15-13(9-12)19-17-14(16-18-19)11-5-3-2-4-6-11/h2-9H,1H3. The van der Waals surface area contributed by atoms with Crippen molar-refractivity contribution in [3.63, 3.8) is 0 Å². The number of tetrazole rings is 1. The molecule has 3 aromatic rings. The molecule has 3 rings (SSSR count). The van der Waals surface area contributed by atoms with Gasteiger partial charge in [0.2, 0.25) is 5.82 Å². The number of pyridine rings is 1. The van der Waals surface area contributed by atoms with Gasteiger partial charge in [0.15, 0.2) is 11.6 Å². The van der Waals surface area contributed by atoms with E-state index in [1.807, 2.05) is 30.3 Å². The normalized spacial score (nSPS) is 10.4. The molecule has 0 radical (unpaired) electrons. The Kier molecular flexibility index (Phi) is 3.04. The van der Waals surface area contributed by atoms with E-state index in [0.717, 1.165) is 5.56 Å². The van der Waals surface area contributed by atoms with Gasteiger partial charge in [-0.05, 0) is 24.3 Å². The summed E-state index contributed by atoms with van der Waals surface area (Å²) in [4.78, 5) is 16.8. The molecule has 0 saturated carbocycles. The highest BCUT2D eigenvalue weighted by atomic mass is 16.1. The number of benzene rings is 1. The molecule has 0 atom stereocenters. The van der Waals surface area contributed by atoms with Crippen LogP contribution in [-0.4, -0.2) is 31.0 Å². The lowest BCUT2D eigenvalue weighted by Crippen LogP contribution is -2.04. The van der Waals surface area contributed by atoms with Crippen molar-refractivity contribution in [1.29, 1.82) is 0 Å². The van der Waals surface area contributed by atoms with E-state index in [1.165, 1.54) is 11.7 Å². The molecule has 0 N–H and O–H groups in total. The number of carbonyl (C=O) groups excluding carboxylic acids is 1. The van der Waals surface area contributed by atoms with Gasteiger partial charge in [-0.15, -0.1) is 15.0 Å². The second kappa shape index (κ2) is 5.00. The third-order valence-electron chi connectivity index (χ3n) is 2.80. The van der Waals surface area contributed by atoms with E-state index in [9.17, 15) is 4.79 Å². The summed E-state index contributed by atoms with van der Waals surface area (Å²) >= 11 is 0. The number of hydrogen-bond acceptors (Lipinski definition) is 5. The van der Waals surface area contributed by atoms with Crippen LogP contribution in [0.4, 0.5) is 0 Å². The second-order valence-corrected chi connectivity index (χ2v) is 4.23. The first-order valence-electron chi connectivity index (χ1n) is 6.07. The maximum atomic E-state index is 11.4. The van der Waals surface area contributed by atoms with E-state index in [1.54, 1.807) is 18.3 Å². The zero-order chi connectivity index (χ0) is 13.9. The molecule has 2 aromatic heterocycles. The Morgan fingerprint density at radius 3 is 2.70 bits per heavy atom. The first-order valence-corrected chi connectivity index (χ1v) is 6.07. The Morgan fingerprint density at radius 1 is 1.15 bits per heavy atom. The molecule has 0 aliphatic heterocycles. The van der Waals surface area contributed by atoms with Crippen molar-refractivity contribution in [2.45, 2.75) is 6.92 Å². The molecule has 1 aromatic carbocycles. The van der Waals surface area contributed by atoms with Crippen LogP contribution in [-0.2, 0) is 0 Å². The van der Waals surface area contributed by atoms with Gasteiger partial charge in [-0.2, -0.15) is 0 Å². The van der Waals surface area contributed by atoms with Crippen LogP contribution >= 0.6 is 0 Å². The van der Waals surface area contributed by atoms with Crippen LogP contribution in [0, 0.1) is 0 Å². The number of carbonyl (C=O) groups is 1. The lowest BCUT2D eigenvalue weighted by atomic mass is 10.2. The smallest absolute Gasteiger partial charge is 0.205 e. The fourth-order valence-electron chi connectivity index (χ4n) is 1.76. The van der Waals surface area contributed by atoms with Gasteiger partial charge in [0.05, 0.1) is 0 Å². The summed E-state index contributed by atoms with van der Waals surface area (Å²) < 4.78 is 0. The maximum Gasteiger partial charge on any atom is 0.205 e. The highest BCUT2D eigenvalue weighted by Crippen LogP contribution is 2.13. The molecule has 0 spiro atoms. The lowest BCUT2D eigenvalue weighted by molar-refractivity contribution is 0.101. The first kappa shape index (κ1) is 12.2. The van der Waals surface area contributed by atoms with Gasteiger partial charge < -0.3 is 0 Å². The minimum Gasteiger partial charge on any atom is -0.295 e. The molecule has 0 aliphatic rings. The van der Waals surface area contributed by atoms with E-state index in [-0.39, 0.29) is 5.78 Å². The molecule has 0 unspecified atom stereocenters. The number of aromatic nitrogens is 5. The molecule has 0 aliphatic carbocycles. The quantitative estimate of drug-likeness (QED) is 0.676. The highest BCUT2D eigenvalue weighted by molar-refractivity contribution is 5.94. The molecule has 0 fully saturated rings. The number of rotatable bonds is 3. The predicted octanol–water partition coefficient (Wildman–Crippen LogP) is 1.93. The molecular formula is C14H11N5O. The van der Waals surface area contributed by atoms with Crippen LogP contribution in [0.25, 0.3) is 17.2 Å². The van der Waals surface area contributed by atoms with E-state index in [0.29, 0.717) is 17.2 Å². The van der Waals surface area contributed by atoms with Crippen LogP contribution in [0.3, 0.4) is 0 Å². The second-order valence-electron chi connectivity index (χ2n) is 4.23. The van der Waals surface area contributed by atoms with Crippen LogP contribution in [0.5, 0.6) is 0 Å². The van der Waals surface area contributed by atoms with E-state index in [2.05, 4.69) is 20.4 Å². The molecule has 20 heavy (non-hydrogen) atoms. The summed E-state index contributed by atoms with van der Waals surface area (Å²) in [5, 5.41) is 12.2. The van der Waals surface area contributed by atoms with E-state index >= 15 is 0 Å². The lowest BCUT2D eigenvalue weighted by Gasteiger charge is -1.99. The average molecular weight is 265 g/mol. The third-order valence-corrected chi connectivity index (χ3v) is 2.80. The van der Waals surface area contributed by atoms with Gasteiger partial charge in [0, 0.05) is 17.3 Å².